The fraction of sp³-hybridized carbons (Fsp3) is 0.438. The van der Waals surface area contributed by atoms with E-state index in [9.17, 15) is 9.59 Å². The van der Waals surface area contributed by atoms with Crippen LogP contribution < -0.4 is 5.32 Å². The molecule has 1 saturated heterocycles. The van der Waals surface area contributed by atoms with Gasteiger partial charge in [-0.25, -0.2) is 0 Å². The Morgan fingerprint density at radius 3 is 2.45 bits per heavy atom. The highest BCUT2D eigenvalue weighted by Crippen LogP contribution is 2.44. The maximum absolute atomic E-state index is 13.9. The van der Waals surface area contributed by atoms with Crippen LogP contribution in [0.5, 0.6) is 0 Å². The predicted molar refractivity (Wildman–Crippen MR) is 154 cm³/mol. The summed E-state index contributed by atoms with van der Waals surface area (Å²) in [6.07, 6.45) is 2.17. The van der Waals surface area contributed by atoms with Crippen molar-refractivity contribution in [2.24, 2.45) is 11.8 Å². The van der Waals surface area contributed by atoms with Gasteiger partial charge in [-0.15, -0.1) is 11.3 Å². The monoisotopic (exact) mass is 529 g/mol. The van der Waals surface area contributed by atoms with Crippen molar-refractivity contribution < 1.29 is 9.59 Å². The van der Waals surface area contributed by atoms with Crippen molar-refractivity contribution in [3.8, 4) is 0 Å². The van der Waals surface area contributed by atoms with Crippen LogP contribution in [-0.4, -0.2) is 47.8 Å². The quantitative estimate of drug-likeness (QED) is 0.388. The Balaban J connectivity index is 1.28. The van der Waals surface area contributed by atoms with Crippen LogP contribution >= 0.6 is 11.3 Å². The van der Waals surface area contributed by atoms with E-state index in [1.165, 1.54) is 11.1 Å². The number of likely N-dealkylation sites (tertiary alicyclic amines) is 1. The summed E-state index contributed by atoms with van der Waals surface area (Å²) in [5.41, 5.74) is 4.16. The summed E-state index contributed by atoms with van der Waals surface area (Å²) in [5, 5.41) is 5.36. The molecule has 5 nitrogen and oxygen atoms in total. The van der Waals surface area contributed by atoms with Gasteiger partial charge in [-0.3, -0.25) is 14.5 Å². The highest BCUT2D eigenvalue weighted by Gasteiger charge is 2.44. The second-order valence-electron chi connectivity index (χ2n) is 11.3. The smallest absolute Gasteiger partial charge is 0.254 e. The number of benzene rings is 2. The summed E-state index contributed by atoms with van der Waals surface area (Å²) in [4.78, 5) is 33.1. The fourth-order valence-corrected chi connectivity index (χ4v) is 6.78. The Morgan fingerprint density at radius 2 is 1.76 bits per heavy atom. The zero-order valence-electron chi connectivity index (χ0n) is 22.7. The van der Waals surface area contributed by atoms with Gasteiger partial charge >= 0.3 is 0 Å². The summed E-state index contributed by atoms with van der Waals surface area (Å²) in [7, 11) is 0. The molecule has 5 rings (SSSR count). The van der Waals surface area contributed by atoms with Gasteiger partial charge in [-0.05, 0) is 73.3 Å². The molecule has 2 aliphatic rings. The van der Waals surface area contributed by atoms with Crippen molar-refractivity contribution in [1.82, 2.24) is 15.1 Å². The van der Waals surface area contributed by atoms with Gasteiger partial charge in [0.2, 0.25) is 5.91 Å². The van der Waals surface area contributed by atoms with Crippen LogP contribution in [0, 0.1) is 18.8 Å². The molecule has 1 N–H and O–H groups in total. The first-order valence-electron chi connectivity index (χ1n) is 13.9. The minimum Gasteiger partial charge on any atom is -0.355 e. The molecule has 2 amide bonds. The van der Waals surface area contributed by atoms with E-state index in [0.717, 1.165) is 42.9 Å². The van der Waals surface area contributed by atoms with Crippen molar-refractivity contribution in [3.63, 3.8) is 0 Å². The Hall–Kier alpha value is -2.96. The average Bonchev–Trinajstić information content (AvgIpc) is 3.45. The second-order valence-corrected chi connectivity index (χ2v) is 12.3. The molecule has 0 unspecified atom stereocenters. The third kappa shape index (κ3) is 5.87. The molecular formula is C32H39N3O2S. The van der Waals surface area contributed by atoms with Crippen molar-refractivity contribution in [2.45, 2.75) is 52.1 Å². The number of aryl methyl sites for hydroxylation is 1. The van der Waals surface area contributed by atoms with Gasteiger partial charge in [0.05, 0.1) is 12.0 Å². The fourth-order valence-electron chi connectivity index (χ4n) is 5.90. The number of rotatable bonds is 8. The predicted octanol–water partition coefficient (Wildman–Crippen LogP) is 6.02. The first-order chi connectivity index (χ1) is 18.4. The van der Waals surface area contributed by atoms with Crippen LogP contribution in [0.25, 0.3) is 0 Å². The molecule has 0 aliphatic carbocycles. The van der Waals surface area contributed by atoms with Crippen LogP contribution in [0.2, 0.25) is 0 Å². The lowest BCUT2D eigenvalue weighted by Gasteiger charge is -2.42. The molecule has 0 spiro atoms. The van der Waals surface area contributed by atoms with E-state index in [-0.39, 0.29) is 17.9 Å². The van der Waals surface area contributed by atoms with Crippen molar-refractivity contribution in [1.29, 1.82) is 0 Å². The number of carbonyl (C=O) groups is 2. The normalized spacial score (nSPS) is 20.5. The number of carbonyl (C=O) groups excluding carboxylic acids is 2. The van der Waals surface area contributed by atoms with Crippen LogP contribution in [0.1, 0.15) is 70.6 Å². The van der Waals surface area contributed by atoms with E-state index in [2.05, 4.69) is 61.3 Å². The molecule has 3 heterocycles. The van der Waals surface area contributed by atoms with E-state index in [4.69, 9.17) is 0 Å². The molecule has 1 fully saturated rings. The van der Waals surface area contributed by atoms with Crippen LogP contribution in [0.15, 0.2) is 66.0 Å². The molecule has 38 heavy (non-hydrogen) atoms. The number of hydrogen-bond acceptors (Lipinski definition) is 4. The van der Waals surface area contributed by atoms with Crippen LogP contribution in [-0.2, 0) is 11.3 Å². The molecule has 2 atom stereocenters. The van der Waals surface area contributed by atoms with E-state index < -0.39 is 5.92 Å². The number of hydrogen-bond donors (Lipinski definition) is 1. The Bertz CT molecular complexity index is 1230. The minimum absolute atomic E-state index is 0.0256. The van der Waals surface area contributed by atoms with Crippen molar-refractivity contribution >= 4 is 23.2 Å². The molecule has 0 bridgehead atoms. The number of amides is 2. The Kier molecular flexibility index (Phi) is 8.29. The zero-order chi connectivity index (χ0) is 26.6. The standard InChI is InChI=1S/C32H39N3O2S/c1-22(2)20-35-30(28-9-6-18-38-28)29(26-7-4-5-8-27(26)32(35)37)31(36)33-19-24-14-16-34(17-15-24)21-25-12-10-23(3)11-13-25/h4-13,18,22,24,29-30H,14-17,19-21H2,1-3H3,(H,33,36)/t29-,30+/m0/s1. The van der Waals surface area contributed by atoms with E-state index in [1.807, 2.05) is 40.6 Å². The number of nitrogens with one attached hydrogen (secondary N) is 1. The van der Waals surface area contributed by atoms with Gasteiger partial charge in [0.25, 0.3) is 5.91 Å². The van der Waals surface area contributed by atoms with E-state index >= 15 is 0 Å². The molecule has 0 radical (unpaired) electrons. The lowest BCUT2D eigenvalue weighted by atomic mass is 9.81. The summed E-state index contributed by atoms with van der Waals surface area (Å²) >= 11 is 1.63. The Labute approximate surface area is 230 Å². The average molecular weight is 530 g/mol. The van der Waals surface area contributed by atoms with E-state index in [0.29, 0.717) is 30.5 Å². The molecule has 0 saturated carbocycles. The third-order valence-corrected chi connectivity index (χ3v) is 8.86. The first kappa shape index (κ1) is 26.6. The lowest BCUT2D eigenvalue weighted by molar-refractivity contribution is -0.124. The second kappa shape index (κ2) is 11.8. The van der Waals surface area contributed by atoms with E-state index in [1.54, 1.807) is 11.3 Å². The zero-order valence-corrected chi connectivity index (χ0v) is 23.5. The third-order valence-electron chi connectivity index (χ3n) is 7.92. The van der Waals surface area contributed by atoms with Gasteiger partial charge in [0.1, 0.15) is 0 Å². The molecule has 1 aromatic heterocycles. The highest BCUT2D eigenvalue weighted by atomic mass is 32.1. The molecule has 3 aromatic rings. The molecular weight excluding hydrogens is 490 g/mol. The number of piperidine rings is 1. The van der Waals surface area contributed by atoms with Crippen molar-refractivity contribution in [2.75, 3.05) is 26.2 Å². The highest BCUT2D eigenvalue weighted by molar-refractivity contribution is 7.10. The lowest BCUT2D eigenvalue weighted by Crippen LogP contribution is -2.49. The number of thiophene rings is 1. The number of fused-ring (bicyclic) bond motifs is 1. The Morgan fingerprint density at radius 1 is 1.03 bits per heavy atom. The summed E-state index contributed by atoms with van der Waals surface area (Å²) in [6.45, 7) is 10.8. The topological polar surface area (TPSA) is 52.7 Å². The number of nitrogens with zero attached hydrogens (tertiary/aromatic N) is 2. The molecule has 2 aliphatic heterocycles. The molecule has 2 aromatic carbocycles. The van der Waals surface area contributed by atoms with Crippen LogP contribution in [0.3, 0.4) is 0 Å². The molecule has 6 heteroatoms. The van der Waals surface area contributed by atoms with Crippen molar-refractivity contribution in [3.05, 3.63) is 93.2 Å². The molecule has 200 valence electrons. The minimum atomic E-state index is -0.414. The maximum atomic E-state index is 13.9. The SMILES string of the molecule is Cc1ccc(CN2CCC(CNC(=O)[C@H]3c4ccccc4C(=O)N(CC(C)C)[C@@H]3c3cccs3)CC2)cc1. The summed E-state index contributed by atoms with van der Waals surface area (Å²) < 4.78 is 0. The van der Waals surface area contributed by atoms with Gasteiger partial charge in [0, 0.05) is 30.1 Å². The van der Waals surface area contributed by atoms with Gasteiger partial charge < -0.3 is 10.2 Å². The largest absolute Gasteiger partial charge is 0.355 e. The first-order valence-corrected chi connectivity index (χ1v) is 14.8. The van der Waals surface area contributed by atoms with Crippen LogP contribution in [0.4, 0.5) is 0 Å². The van der Waals surface area contributed by atoms with Gasteiger partial charge in [-0.1, -0.05) is 67.9 Å². The van der Waals surface area contributed by atoms with Gasteiger partial charge in [-0.2, -0.15) is 0 Å². The summed E-state index contributed by atoms with van der Waals surface area (Å²) in [6, 6.07) is 20.3. The summed E-state index contributed by atoms with van der Waals surface area (Å²) in [5.74, 6) is 0.418. The maximum Gasteiger partial charge on any atom is 0.254 e. The van der Waals surface area contributed by atoms with Gasteiger partial charge in [0.15, 0.2) is 0 Å².